The molecule has 1 saturated heterocycles. The molecule has 1 aromatic carbocycles. The summed E-state index contributed by atoms with van der Waals surface area (Å²) in [6, 6.07) is 14.2. The highest BCUT2D eigenvalue weighted by molar-refractivity contribution is 5.92. The van der Waals surface area contributed by atoms with Crippen LogP contribution < -0.4 is 0 Å². The van der Waals surface area contributed by atoms with E-state index in [9.17, 15) is 9.90 Å². The van der Waals surface area contributed by atoms with Gasteiger partial charge in [-0.1, -0.05) is 30.3 Å². The Kier molecular flexibility index (Phi) is 5.89. The molecule has 0 spiro atoms. The number of carbonyl (C=O) groups excluding carboxylic acids is 1. The Morgan fingerprint density at radius 1 is 1.08 bits per heavy atom. The van der Waals surface area contributed by atoms with Crippen LogP contribution in [0.3, 0.4) is 0 Å². The fraction of sp³-hybridized carbons (Fsp3) is 0.450. The van der Waals surface area contributed by atoms with E-state index < -0.39 is 0 Å². The van der Waals surface area contributed by atoms with Crippen molar-refractivity contribution < 1.29 is 9.90 Å². The SMILES string of the molecule is C[C@@H](O)CN1CCN(C(=O)c2cccn2CCc2ccccc2)CC1. The van der Waals surface area contributed by atoms with Gasteiger partial charge < -0.3 is 14.6 Å². The lowest BCUT2D eigenvalue weighted by Gasteiger charge is -2.35. The summed E-state index contributed by atoms with van der Waals surface area (Å²) in [6.45, 7) is 6.36. The predicted octanol–water partition coefficient (Wildman–Crippen LogP) is 1.87. The van der Waals surface area contributed by atoms with Crippen LogP contribution in [0.4, 0.5) is 0 Å². The second-order valence-corrected chi connectivity index (χ2v) is 6.76. The summed E-state index contributed by atoms with van der Waals surface area (Å²) in [7, 11) is 0. The summed E-state index contributed by atoms with van der Waals surface area (Å²) < 4.78 is 2.05. The monoisotopic (exact) mass is 341 g/mol. The molecule has 3 rings (SSSR count). The van der Waals surface area contributed by atoms with Crippen molar-refractivity contribution in [2.45, 2.75) is 26.0 Å². The third kappa shape index (κ3) is 4.71. The number of amides is 1. The minimum atomic E-state index is -0.322. The molecule has 1 aliphatic heterocycles. The van der Waals surface area contributed by atoms with E-state index in [0.29, 0.717) is 6.54 Å². The molecule has 0 aliphatic carbocycles. The zero-order valence-corrected chi connectivity index (χ0v) is 14.8. The van der Waals surface area contributed by atoms with E-state index in [1.807, 2.05) is 41.4 Å². The number of benzene rings is 1. The number of nitrogens with zero attached hydrogens (tertiary/aromatic N) is 3. The molecule has 0 unspecified atom stereocenters. The van der Waals surface area contributed by atoms with Crippen LogP contribution in [0, 0.1) is 0 Å². The molecule has 2 heterocycles. The van der Waals surface area contributed by atoms with Crippen LogP contribution in [0.2, 0.25) is 0 Å². The van der Waals surface area contributed by atoms with Gasteiger partial charge in [0.2, 0.25) is 0 Å². The Labute approximate surface area is 149 Å². The maximum absolute atomic E-state index is 12.9. The Morgan fingerprint density at radius 2 is 1.80 bits per heavy atom. The Morgan fingerprint density at radius 3 is 2.48 bits per heavy atom. The first kappa shape index (κ1) is 17.7. The highest BCUT2D eigenvalue weighted by Crippen LogP contribution is 2.12. The molecule has 5 heteroatoms. The molecule has 0 saturated carbocycles. The predicted molar refractivity (Wildman–Crippen MR) is 98.6 cm³/mol. The summed E-state index contributed by atoms with van der Waals surface area (Å²) in [4.78, 5) is 17.0. The number of aryl methyl sites for hydroxylation is 2. The molecule has 1 atom stereocenters. The van der Waals surface area contributed by atoms with Crippen LogP contribution >= 0.6 is 0 Å². The third-order valence-corrected chi connectivity index (χ3v) is 4.71. The number of hydrogen-bond acceptors (Lipinski definition) is 3. The first-order chi connectivity index (χ1) is 12.1. The largest absolute Gasteiger partial charge is 0.392 e. The van der Waals surface area contributed by atoms with Gasteiger partial charge in [0.05, 0.1) is 6.10 Å². The topological polar surface area (TPSA) is 48.7 Å². The summed E-state index contributed by atoms with van der Waals surface area (Å²) in [5.41, 5.74) is 2.04. The van der Waals surface area contributed by atoms with E-state index in [1.165, 1.54) is 5.56 Å². The number of β-amino-alcohol motifs (C(OH)–C–C–N with tert-alkyl or cyclic N) is 1. The van der Waals surface area contributed by atoms with Gasteiger partial charge in [-0.2, -0.15) is 0 Å². The van der Waals surface area contributed by atoms with Crippen molar-refractivity contribution in [3.63, 3.8) is 0 Å². The number of piperazine rings is 1. The molecule has 25 heavy (non-hydrogen) atoms. The fourth-order valence-electron chi connectivity index (χ4n) is 3.37. The van der Waals surface area contributed by atoms with Gasteiger partial charge in [0, 0.05) is 45.5 Å². The van der Waals surface area contributed by atoms with Crippen molar-refractivity contribution >= 4 is 5.91 Å². The molecule has 134 valence electrons. The van der Waals surface area contributed by atoms with Crippen molar-refractivity contribution in [3.8, 4) is 0 Å². The Hall–Kier alpha value is -2.11. The normalized spacial score (nSPS) is 16.8. The number of aliphatic hydroxyl groups excluding tert-OH is 1. The molecular weight excluding hydrogens is 314 g/mol. The number of aromatic nitrogens is 1. The third-order valence-electron chi connectivity index (χ3n) is 4.71. The average Bonchev–Trinajstić information content (AvgIpc) is 3.09. The van der Waals surface area contributed by atoms with Crippen LogP contribution in [-0.2, 0) is 13.0 Å². The van der Waals surface area contributed by atoms with Gasteiger partial charge in [-0.05, 0) is 31.0 Å². The van der Waals surface area contributed by atoms with Gasteiger partial charge in [-0.25, -0.2) is 0 Å². The zero-order valence-electron chi connectivity index (χ0n) is 14.8. The van der Waals surface area contributed by atoms with E-state index >= 15 is 0 Å². The van der Waals surface area contributed by atoms with Gasteiger partial charge in [0.1, 0.15) is 5.69 Å². The first-order valence-corrected chi connectivity index (χ1v) is 9.02. The molecular formula is C20H27N3O2. The van der Waals surface area contributed by atoms with Crippen LogP contribution in [0.1, 0.15) is 23.0 Å². The van der Waals surface area contributed by atoms with Crippen LogP contribution in [-0.4, -0.2) is 64.2 Å². The highest BCUT2D eigenvalue weighted by atomic mass is 16.3. The van der Waals surface area contributed by atoms with E-state index in [1.54, 1.807) is 6.92 Å². The van der Waals surface area contributed by atoms with Crippen molar-refractivity contribution in [1.29, 1.82) is 0 Å². The van der Waals surface area contributed by atoms with Crippen LogP contribution in [0.5, 0.6) is 0 Å². The van der Waals surface area contributed by atoms with E-state index in [2.05, 4.69) is 21.6 Å². The second-order valence-electron chi connectivity index (χ2n) is 6.76. The van der Waals surface area contributed by atoms with E-state index in [-0.39, 0.29) is 12.0 Å². The molecule has 1 fully saturated rings. The van der Waals surface area contributed by atoms with Crippen molar-refractivity contribution in [2.24, 2.45) is 0 Å². The average molecular weight is 341 g/mol. The number of hydrogen-bond donors (Lipinski definition) is 1. The van der Waals surface area contributed by atoms with Gasteiger partial charge >= 0.3 is 0 Å². The summed E-state index contributed by atoms with van der Waals surface area (Å²) >= 11 is 0. The lowest BCUT2D eigenvalue weighted by Crippen LogP contribution is -2.50. The molecule has 1 aromatic heterocycles. The molecule has 1 amide bonds. The summed E-state index contributed by atoms with van der Waals surface area (Å²) in [6.07, 6.45) is 2.58. The number of carbonyl (C=O) groups is 1. The molecule has 0 bridgehead atoms. The fourth-order valence-corrected chi connectivity index (χ4v) is 3.37. The smallest absolute Gasteiger partial charge is 0.270 e. The maximum Gasteiger partial charge on any atom is 0.270 e. The van der Waals surface area contributed by atoms with Crippen LogP contribution in [0.25, 0.3) is 0 Å². The highest BCUT2D eigenvalue weighted by Gasteiger charge is 2.24. The first-order valence-electron chi connectivity index (χ1n) is 9.02. The standard InChI is InChI=1S/C20H27N3O2/c1-17(24)16-21-12-14-23(15-13-21)20(25)19-8-5-10-22(19)11-9-18-6-3-2-4-7-18/h2-8,10,17,24H,9,11-16H2,1H3/t17-/m1/s1. The molecule has 1 aliphatic rings. The Balaban J connectivity index is 1.57. The lowest BCUT2D eigenvalue weighted by atomic mass is 10.1. The second kappa shape index (κ2) is 8.32. The molecule has 0 radical (unpaired) electrons. The maximum atomic E-state index is 12.9. The number of aliphatic hydroxyl groups is 1. The van der Waals surface area contributed by atoms with Gasteiger partial charge in [0.15, 0.2) is 0 Å². The Bertz CT molecular complexity index is 673. The van der Waals surface area contributed by atoms with E-state index in [0.717, 1.165) is 44.8 Å². The molecule has 1 N–H and O–H groups in total. The lowest BCUT2D eigenvalue weighted by molar-refractivity contribution is 0.0545. The van der Waals surface area contributed by atoms with Gasteiger partial charge in [0.25, 0.3) is 5.91 Å². The molecule has 2 aromatic rings. The van der Waals surface area contributed by atoms with E-state index in [4.69, 9.17) is 0 Å². The van der Waals surface area contributed by atoms with Crippen LogP contribution in [0.15, 0.2) is 48.7 Å². The molecule has 5 nitrogen and oxygen atoms in total. The summed E-state index contributed by atoms with van der Waals surface area (Å²) in [5, 5.41) is 9.49. The zero-order chi connectivity index (χ0) is 17.6. The minimum Gasteiger partial charge on any atom is -0.392 e. The van der Waals surface area contributed by atoms with Crippen molar-refractivity contribution in [2.75, 3.05) is 32.7 Å². The van der Waals surface area contributed by atoms with Crippen molar-refractivity contribution in [3.05, 3.63) is 59.9 Å². The number of rotatable bonds is 6. The van der Waals surface area contributed by atoms with Gasteiger partial charge in [-0.15, -0.1) is 0 Å². The quantitative estimate of drug-likeness (QED) is 0.873. The van der Waals surface area contributed by atoms with Crippen molar-refractivity contribution in [1.82, 2.24) is 14.4 Å². The minimum absolute atomic E-state index is 0.106. The summed E-state index contributed by atoms with van der Waals surface area (Å²) in [5.74, 6) is 0.106. The van der Waals surface area contributed by atoms with Gasteiger partial charge in [-0.3, -0.25) is 9.69 Å².